The smallest absolute Gasteiger partial charge is 0.124 e. The molecule has 0 aliphatic carbocycles. The van der Waals surface area contributed by atoms with Crippen molar-refractivity contribution in [1.29, 1.82) is 5.41 Å². The molecule has 1 heterocycles. The summed E-state index contributed by atoms with van der Waals surface area (Å²) in [6.07, 6.45) is 1.40. The Bertz CT molecular complexity index is 770. The van der Waals surface area contributed by atoms with E-state index in [4.69, 9.17) is 17.0 Å². The summed E-state index contributed by atoms with van der Waals surface area (Å²) in [6, 6.07) is 14.9. The molecule has 2 aromatic rings. The van der Waals surface area contributed by atoms with Gasteiger partial charge in [-0.1, -0.05) is 42.8 Å². The van der Waals surface area contributed by atoms with Crippen LogP contribution in [0.3, 0.4) is 0 Å². The maximum atomic E-state index is 10.0. The van der Waals surface area contributed by atoms with Gasteiger partial charge in [0.05, 0.1) is 12.3 Å². The first-order chi connectivity index (χ1) is 11.5. The SMILES string of the molecule is CC1CN(C(=N)CCc2ccc(Cl)cc2)N=C1c1ccccc1O. The Morgan fingerprint density at radius 2 is 1.96 bits per heavy atom. The first-order valence-electron chi connectivity index (χ1n) is 8.01. The molecule has 1 aliphatic heterocycles. The zero-order valence-electron chi connectivity index (χ0n) is 13.5. The average molecular weight is 342 g/mol. The highest BCUT2D eigenvalue weighted by Gasteiger charge is 2.27. The molecule has 5 heteroatoms. The van der Waals surface area contributed by atoms with E-state index in [9.17, 15) is 5.11 Å². The van der Waals surface area contributed by atoms with Gasteiger partial charge in [0.1, 0.15) is 11.6 Å². The van der Waals surface area contributed by atoms with Crippen molar-refractivity contribution in [3.8, 4) is 5.75 Å². The molecule has 1 atom stereocenters. The van der Waals surface area contributed by atoms with Crippen LogP contribution in [0.15, 0.2) is 53.6 Å². The number of halogens is 1. The molecule has 1 unspecified atom stereocenters. The Morgan fingerprint density at radius 3 is 2.67 bits per heavy atom. The molecule has 0 bridgehead atoms. The van der Waals surface area contributed by atoms with E-state index < -0.39 is 0 Å². The molecular weight excluding hydrogens is 322 g/mol. The summed E-state index contributed by atoms with van der Waals surface area (Å²) in [5.74, 6) is 0.897. The third-order valence-electron chi connectivity index (χ3n) is 4.20. The summed E-state index contributed by atoms with van der Waals surface area (Å²) in [7, 11) is 0. The van der Waals surface area contributed by atoms with E-state index >= 15 is 0 Å². The zero-order chi connectivity index (χ0) is 17.1. The van der Waals surface area contributed by atoms with Crippen LogP contribution in [-0.4, -0.2) is 28.2 Å². The van der Waals surface area contributed by atoms with Crippen LogP contribution in [0.4, 0.5) is 0 Å². The summed E-state index contributed by atoms with van der Waals surface area (Å²) in [4.78, 5) is 0. The van der Waals surface area contributed by atoms with Crippen LogP contribution in [-0.2, 0) is 6.42 Å². The van der Waals surface area contributed by atoms with Gasteiger partial charge in [-0.05, 0) is 36.2 Å². The highest BCUT2D eigenvalue weighted by Crippen LogP contribution is 2.26. The topological polar surface area (TPSA) is 59.7 Å². The van der Waals surface area contributed by atoms with Gasteiger partial charge in [-0.2, -0.15) is 5.10 Å². The predicted molar refractivity (Wildman–Crippen MR) is 98.0 cm³/mol. The average Bonchev–Trinajstić information content (AvgIpc) is 2.96. The molecule has 0 spiro atoms. The lowest BCUT2D eigenvalue weighted by Gasteiger charge is -2.15. The normalized spacial score (nSPS) is 17.0. The fourth-order valence-electron chi connectivity index (χ4n) is 2.84. The summed E-state index contributed by atoms with van der Waals surface area (Å²) in [5, 5.41) is 25.4. The van der Waals surface area contributed by atoms with Crippen LogP contribution in [0.5, 0.6) is 5.75 Å². The third kappa shape index (κ3) is 3.60. The number of aromatic hydroxyl groups is 1. The first kappa shape index (κ1) is 16.5. The summed E-state index contributed by atoms with van der Waals surface area (Å²) in [6.45, 7) is 2.74. The molecule has 4 nitrogen and oxygen atoms in total. The number of nitrogens with one attached hydrogen (secondary N) is 1. The second-order valence-corrected chi connectivity index (χ2v) is 6.50. The van der Waals surface area contributed by atoms with Crippen molar-refractivity contribution in [3.63, 3.8) is 0 Å². The van der Waals surface area contributed by atoms with Gasteiger partial charge < -0.3 is 5.11 Å². The van der Waals surface area contributed by atoms with E-state index in [-0.39, 0.29) is 11.7 Å². The monoisotopic (exact) mass is 341 g/mol. The number of phenolic OH excluding ortho intramolecular Hbond substituents is 1. The Balaban J connectivity index is 1.68. The number of para-hydroxylation sites is 1. The van der Waals surface area contributed by atoms with E-state index in [0.717, 1.165) is 28.3 Å². The lowest BCUT2D eigenvalue weighted by Crippen LogP contribution is -2.25. The number of hydrazone groups is 1. The Morgan fingerprint density at radius 1 is 1.25 bits per heavy atom. The molecule has 0 radical (unpaired) electrons. The Hall–Kier alpha value is -2.33. The molecule has 0 saturated carbocycles. The Kier molecular flexibility index (Phi) is 4.86. The number of phenols is 1. The quantitative estimate of drug-likeness (QED) is 0.643. The minimum absolute atomic E-state index is 0.175. The molecule has 0 fully saturated rings. The molecule has 0 saturated heterocycles. The zero-order valence-corrected chi connectivity index (χ0v) is 14.3. The third-order valence-corrected chi connectivity index (χ3v) is 4.45. The number of rotatable bonds is 4. The predicted octanol–water partition coefficient (Wildman–Crippen LogP) is 4.31. The van der Waals surface area contributed by atoms with Crippen LogP contribution >= 0.6 is 11.6 Å². The number of benzene rings is 2. The van der Waals surface area contributed by atoms with Crippen molar-refractivity contribution in [1.82, 2.24) is 5.01 Å². The van der Waals surface area contributed by atoms with Crippen molar-refractivity contribution in [3.05, 3.63) is 64.7 Å². The number of hydrogen-bond acceptors (Lipinski definition) is 3. The van der Waals surface area contributed by atoms with Crippen molar-refractivity contribution in [2.75, 3.05) is 6.54 Å². The van der Waals surface area contributed by atoms with E-state index in [1.165, 1.54) is 0 Å². The molecule has 0 aromatic heterocycles. The van der Waals surface area contributed by atoms with Gasteiger partial charge in [0.15, 0.2) is 0 Å². The number of amidine groups is 1. The standard InChI is InChI=1S/C19H20ClN3O/c1-13-12-23(22-19(13)16-4-2-3-5-17(16)24)18(21)11-8-14-6-9-15(20)10-7-14/h2-7,9-10,13,21,24H,8,11-12H2,1H3. The fourth-order valence-corrected chi connectivity index (χ4v) is 2.96. The molecule has 0 amide bonds. The summed E-state index contributed by atoms with van der Waals surface area (Å²) in [5.41, 5.74) is 2.74. The van der Waals surface area contributed by atoms with E-state index in [1.54, 1.807) is 17.1 Å². The van der Waals surface area contributed by atoms with Crippen molar-refractivity contribution < 1.29 is 5.11 Å². The molecular formula is C19H20ClN3O. The fraction of sp³-hybridized carbons (Fsp3) is 0.263. The molecule has 1 aliphatic rings. The van der Waals surface area contributed by atoms with Crippen LogP contribution in [0.2, 0.25) is 5.02 Å². The molecule has 3 rings (SSSR count). The number of aryl methyl sites for hydroxylation is 1. The van der Waals surface area contributed by atoms with Gasteiger partial charge in [-0.15, -0.1) is 0 Å². The van der Waals surface area contributed by atoms with Gasteiger partial charge in [-0.3, -0.25) is 10.4 Å². The molecule has 2 N–H and O–H groups in total. The molecule has 2 aromatic carbocycles. The van der Waals surface area contributed by atoms with Gasteiger partial charge in [0, 0.05) is 22.9 Å². The van der Waals surface area contributed by atoms with E-state index in [2.05, 4.69) is 12.0 Å². The van der Waals surface area contributed by atoms with Gasteiger partial charge >= 0.3 is 0 Å². The van der Waals surface area contributed by atoms with Gasteiger partial charge in [0.25, 0.3) is 0 Å². The summed E-state index contributed by atoms with van der Waals surface area (Å²) >= 11 is 5.89. The minimum Gasteiger partial charge on any atom is -0.507 e. The molecule has 24 heavy (non-hydrogen) atoms. The lowest BCUT2D eigenvalue weighted by atomic mass is 9.98. The Labute approximate surface area is 146 Å². The van der Waals surface area contributed by atoms with Crippen molar-refractivity contribution in [2.24, 2.45) is 11.0 Å². The van der Waals surface area contributed by atoms with Crippen molar-refractivity contribution >= 4 is 23.1 Å². The van der Waals surface area contributed by atoms with E-state index in [1.807, 2.05) is 36.4 Å². The largest absolute Gasteiger partial charge is 0.507 e. The minimum atomic E-state index is 0.175. The van der Waals surface area contributed by atoms with Crippen LogP contribution in [0.25, 0.3) is 0 Å². The first-order valence-corrected chi connectivity index (χ1v) is 8.38. The van der Waals surface area contributed by atoms with Gasteiger partial charge in [0.2, 0.25) is 0 Å². The maximum Gasteiger partial charge on any atom is 0.124 e. The van der Waals surface area contributed by atoms with Gasteiger partial charge in [-0.25, -0.2) is 0 Å². The second kappa shape index (κ2) is 7.05. The number of hydrogen-bond donors (Lipinski definition) is 2. The van der Waals surface area contributed by atoms with Crippen LogP contribution in [0.1, 0.15) is 24.5 Å². The van der Waals surface area contributed by atoms with Crippen LogP contribution in [0, 0.1) is 11.3 Å². The maximum absolute atomic E-state index is 10.0. The van der Waals surface area contributed by atoms with Crippen molar-refractivity contribution in [2.45, 2.75) is 19.8 Å². The van der Waals surface area contributed by atoms with E-state index in [0.29, 0.717) is 18.8 Å². The number of nitrogens with zero attached hydrogens (tertiary/aromatic N) is 2. The second-order valence-electron chi connectivity index (χ2n) is 6.06. The van der Waals surface area contributed by atoms with Crippen LogP contribution < -0.4 is 0 Å². The summed E-state index contributed by atoms with van der Waals surface area (Å²) < 4.78 is 0. The highest BCUT2D eigenvalue weighted by molar-refractivity contribution is 6.30. The lowest BCUT2D eigenvalue weighted by molar-refractivity contribution is 0.443. The highest BCUT2D eigenvalue weighted by atomic mass is 35.5. The molecule has 124 valence electrons.